The van der Waals surface area contributed by atoms with Crippen molar-refractivity contribution in [2.75, 3.05) is 13.1 Å². The Kier molecular flexibility index (Phi) is 8.20. The van der Waals surface area contributed by atoms with Gasteiger partial charge in [-0.25, -0.2) is 9.07 Å². The molecule has 0 saturated heterocycles. The SMILES string of the molecule is CCCN(Cc1c(CC)nn(-c2ccccc2)c1Oc1ccccc1F)CC(O)CC. The Hall–Kier alpha value is -2.70. The maximum absolute atomic E-state index is 14.4. The fourth-order valence-electron chi connectivity index (χ4n) is 3.60. The van der Waals surface area contributed by atoms with Crippen molar-refractivity contribution in [3.8, 4) is 17.3 Å². The van der Waals surface area contributed by atoms with Gasteiger partial charge in [0.15, 0.2) is 11.6 Å². The number of para-hydroxylation sites is 2. The number of rotatable bonds is 11. The summed E-state index contributed by atoms with van der Waals surface area (Å²) in [6, 6.07) is 16.1. The number of ether oxygens (including phenoxy) is 1. The lowest BCUT2D eigenvalue weighted by atomic mass is 10.1. The van der Waals surface area contributed by atoms with Crippen LogP contribution in [0.25, 0.3) is 5.69 Å². The molecular weight excluding hydrogens is 393 g/mol. The summed E-state index contributed by atoms with van der Waals surface area (Å²) in [5.41, 5.74) is 2.68. The van der Waals surface area contributed by atoms with Gasteiger partial charge in [-0.3, -0.25) is 4.90 Å². The van der Waals surface area contributed by atoms with E-state index in [2.05, 4.69) is 18.7 Å². The molecule has 1 aromatic heterocycles. The van der Waals surface area contributed by atoms with Gasteiger partial charge in [-0.1, -0.05) is 51.1 Å². The number of aliphatic hydroxyl groups excluding tert-OH is 1. The summed E-state index contributed by atoms with van der Waals surface area (Å²) >= 11 is 0. The lowest BCUT2D eigenvalue weighted by Crippen LogP contribution is -2.32. The standard InChI is InChI=1S/C25H32FN3O2/c1-4-16-28(17-20(30)5-2)18-21-23(6-3)27-29(19-12-8-7-9-13-19)25(21)31-24-15-11-10-14-22(24)26/h7-15,20,30H,4-6,16-18H2,1-3H3. The molecule has 0 saturated carbocycles. The molecule has 0 aliphatic rings. The summed E-state index contributed by atoms with van der Waals surface area (Å²) in [7, 11) is 0. The van der Waals surface area contributed by atoms with Crippen molar-refractivity contribution in [3.05, 3.63) is 71.7 Å². The van der Waals surface area contributed by atoms with Crippen molar-refractivity contribution >= 4 is 0 Å². The fraction of sp³-hybridized carbons (Fsp3) is 0.400. The van der Waals surface area contributed by atoms with E-state index in [0.29, 0.717) is 25.4 Å². The summed E-state index contributed by atoms with van der Waals surface area (Å²) in [6.07, 6.45) is 1.99. The minimum absolute atomic E-state index is 0.166. The van der Waals surface area contributed by atoms with Crippen molar-refractivity contribution < 1.29 is 14.2 Å². The number of aromatic nitrogens is 2. The van der Waals surface area contributed by atoms with Gasteiger partial charge >= 0.3 is 0 Å². The van der Waals surface area contributed by atoms with Crippen LogP contribution < -0.4 is 4.74 Å². The lowest BCUT2D eigenvalue weighted by Gasteiger charge is -2.24. The van der Waals surface area contributed by atoms with Gasteiger partial charge in [-0.2, -0.15) is 5.10 Å². The van der Waals surface area contributed by atoms with Crippen LogP contribution in [-0.4, -0.2) is 39.0 Å². The number of nitrogens with zero attached hydrogens (tertiary/aromatic N) is 3. The van der Waals surface area contributed by atoms with E-state index in [9.17, 15) is 9.50 Å². The maximum Gasteiger partial charge on any atom is 0.227 e. The highest BCUT2D eigenvalue weighted by molar-refractivity contribution is 5.44. The van der Waals surface area contributed by atoms with Gasteiger partial charge in [-0.15, -0.1) is 0 Å². The van der Waals surface area contributed by atoms with Crippen molar-refractivity contribution in [2.24, 2.45) is 0 Å². The molecule has 1 N–H and O–H groups in total. The highest BCUT2D eigenvalue weighted by Gasteiger charge is 2.23. The molecule has 5 nitrogen and oxygen atoms in total. The molecule has 6 heteroatoms. The third kappa shape index (κ3) is 5.71. The van der Waals surface area contributed by atoms with E-state index in [-0.39, 0.29) is 5.75 Å². The zero-order valence-electron chi connectivity index (χ0n) is 18.6. The van der Waals surface area contributed by atoms with Crippen LogP contribution >= 0.6 is 0 Å². The molecule has 0 bridgehead atoms. The smallest absolute Gasteiger partial charge is 0.227 e. The van der Waals surface area contributed by atoms with Crippen molar-refractivity contribution in [3.63, 3.8) is 0 Å². The first-order chi connectivity index (χ1) is 15.1. The molecule has 3 aromatic rings. The monoisotopic (exact) mass is 425 g/mol. The molecule has 0 radical (unpaired) electrons. The van der Waals surface area contributed by atoms with E-state index in [1.165, 1.54) is 6.07 Å². The number of benzene rings is 2. The average Bonchev–Trinajstić information content (AvgIpc) is 3.13. The molecule has 0 fully saturated rings. The molecule has 0 amide bonds. The molecule has 1 heterocycles. The third-order valence-corrected chi connectivity index (χ3v) is 5.26. The van der Waals surface area contributed by atoms with Crippen LogP contribution in [0.1, 0.15) is 44.9 Å². The second-order valence-corrected chi connectivity index (χ2v) is 7.66. The largest absolute Gasteiger partial charge is 0.435 e. The molecule has 3 rings (SSSR count). The first-order valence-electron chi connectivity index (χ1n) is 11.1. The lowest BCUT2D eigenvalue weighted by molar-refractivity contribution is 0.105. The van der Waals surface area contributed by atoms with E-state index < -0.39 is 11.9 Å². The van der Waals surface area contributed by atoms with E-state index in [4.69, 9.17) is 9.84 Å². The first-order valence-corrected chi connectivity index (χ1v) is 11.1. The summed E-state index contributed by atoms with van der Waals surface area (Å²) in [5, 5.41) is 15.1. The topological polar surface area (TPSA) is 50.5 Å². The molecule has 1 atom stereocenters. The van der Waals surface area contributed by atoms with Crippen LogP contribution in [0.2, 0.25) is 0 Å². The molecule has 0 spiro atoms. The number of aliphatic hydroxyl groups is 1. The van der Waals surface area contributed by atoms with E-state index >= 15 is 0 Å². The number of hydrogen-bond acceptors (Lipinski definition) is 4. The third-order valence-electron chi connectivity index (χ3n) is 5.26. The van der Waals surface area contributed by atoms with Gasteiger partial charge in [0.05, 0.1) is 23.0 Å². The van der Waals surface area contributed by atoms with Crippen LogP contribution in [0.4, 0.5) is 4.39 Å². The Morgan fingerprint density at radius 1 is 1.06 bits per heavy atom. The number of hydrogen-bond donors (Lipinski definition) is 1. The highest BCUT2D eigenvalue weighted by Crippen LogP contribution is 2.33. The molecular formula is C25H32FN3O2. The van der Waals surface area contributed by atoms with Crippen molar-refractivity contribution in [1.82, 2.24) is 14.7 Å². The minimum Gasteiger partial charge on any atom is -0.435 e. The predicted octanol–water partition coefficient (Wildman–Crippen LogP) is 5.35. The van der Waals surface area contributed by atoms with Gasteiger partial charge in [0, 0.05) is 13.1 Å². The van der Waals surface area contributed by atoms with Crippen molar-refractivity contribution in [2.45, 2.75) is 52.7 Å². The second kappa shape index (κ2) is 11.1. The molecule has 0 aliphatic carbocycles. The Labute approximate surface area is 184 Å². The Morgan fingerprint density at radius 2 is 1.77 bits per heavy atom. The Bertz CT molecular complexity index is 959. The summed E-state index contributed by atoms with van der Waals surface area (Å²) in [4.78, 5) is 2.22. The maximum atomic E-state index is 14.4. The van der Waals surface area contributed by atoms with Crippen LogP contribution in [0, 0.1) is 5.82 Å². The molecule has 2 aromatic carbocycles. The van der Waals surface area contributed by atoms with Gasteiger partial charge in [-0.05, 0) is 50.1 Å². The summed E-state index contributed by atoms with van der Waals surface area (Å²) in [5.74, 6) is 0.262. The van der Waals surface area contributed by atoms with Gasteiger partial charge in [0.25, 0.3) is 0 Å². The zero-order chi connectivity index (χ0) is 22.2. The van der Waals surface area contributed by atoms with Gasteiger partial charge < -0.3 is 9.84 Å². The zero-order valence-corrected chi connectivity index (χ0v) is 18.6. The predicted molar refractivity (Wildman–Crippen MR) is 121 cm³/mol. The van der Waals surface area contributed by atoms with E-state index in [1.807, 2.05) is 37.3 Å². The fourth-order valence-corrected chi connectivity index (χ4v) is 3.60. The first kappa shape index (κ1) is 23.0. The minimum atomic E-state index is -0.417. The van der Waals surface area contributed by atoms with Crippen LogP contribution in [-0.2, 0) is 13.0 Å². The average molecular weight is 426 g/mol. The molecule has 31 heavy (non-hydrogen) atoms. The Balaban J connectivity index is 2.07. The number of aryl methyl sites for hydroxylation is 1. The number of halogens is 1. The molecule has 0 aliphatic heterocycles. The summed E-state index contributed by atoms with van der Waals surface area (Å²) in [6.45, 7) is 8.14. The molecule has 166 valence electrons. The van der Waals surface area contributed by atoms with E-state index in [1.54, 1.807) is 22.9 Å². The highest BCUT2D eigenvalue weighted by atomic mass is 19.1. The van der Waals surface area contributed by atoms with Crippen LogP contribution in [0.5, 0.6) is 11.6 Å². The van der Waals surface area contributed by atoms with Crippen LogP contribution in [0.15, 0.2) is 54.6 Å². The molecule has 1 unspecified atom stereocenters. The summed E-state index contributed by atoms with van der Waals surface area (Å²) < 4.78 is 22.3. The van der Waals surface area contributed by atoms with E-state index in [0.717, 1.165) is 36.3 Å². The Morgan fingerprint density at radius 3 is 2.42 bits per heavy atom. The normalized spacial score (nSPS) is 12.3. The second-order valence-electron chi connectivity index (χ2n) is 7.66. The van der Waals surface area contributed by atoms with Gasteiger partial charge in [0.2, 0.25) is 5.88 Å². The van der Waals surface area contributed by atoms with Crippen molar-refractivity contribution in [1.29, 1.82) is 0 Å². The van der Waals surface area contributed by atoms with Gasteiger partial charge in [0.1, 0.15) is 0 Å². The quantitative estimate of drug-likeness (QED) is 0.450. The van der Waals surface area contributed by atoms with Crippen LogP contribution in [0.3, 0.4) is 0 Å².